The van der Waals surface area contributed by atoms with E-state index in [9.17, 15) is 0 Å². The summed E-state index contributed by atoms with van der Waals surface area (Å²) in [7, 11) is 0. The number of hydrogen-bond donors (Lipinski definition) is 2. The lowest BCUT2D eigenvalue weighted by atomic mass is 10.2. The van der Waals surface area contributed by atoms with Crippen LogP contribution >= 0.6 is 12.9 Å². The fourth-order valence-electron chi connectivity index (χ4n) is 0.721. The Hall–Kier alpha value is -0.670. The summed E-state index contributed by atoms with van der Waals surface area (Å²) in [4.78, 5) is 0. The average Bonchev–Trinajstić information content (AvgIpc) is 2.06. The predicted molar refractivity (Wildman–Crippen MR) is 57.8 cm³/mol. The quantitative estimate of drug-likeness (QED) is 0.567. The molecule has 0 atom stereocenters. The third-order valence-corrected chi connectivity index (χ3v) is 1.27. The number of phenolic OH excluding ortho intramolecular Hbond substituents is 1. The summed E-state index contributed by atoms with van der Waals surface area (Å²) < 4.78 is 4.57. The summed E-state index contributed by atoms with van der Waals surface area (Å²) in [6.07, 6.45) is 1.25. The van der Waals surface area contributed by atoms with Crippen molar-refractivity contribution in [3.63, 3.8) is 0 Å². The maximum absolute atomic E-state index is 8.96. The van der Waals surface area contributed by atoms with Crippen molar-refractivity contribution >= 4 is 12.9 Å². The Balaban J connectivity index is 0.000000424. The number of aromatic hydroxyl groups is 1. The maximum Gasteiger partial charge on any atom is 0.115 e. The van der Waals surface area contributed by atoms with Gasteiger partial charge < -0.3 is 9.29 Å². The number of thiol groups is 1. The summed E-state index contributed by atoms with van der Waals surface area (Å²) in [5.41, 5.74) is 0.912. The van der Waals surface area contributed by atoms with E-state index in [2.05, 4.69) is 30.9 Å². The van der Waals surface area contributed by atoms with E-state index in [1.54, 1.807) is 18.2 Å². The Morgan fingerprint density at radius 3 is 2.46 bits per heavy atom. The van der Waals surface area contributed by atoms with Crippen LogP contribution in [0, 0.1) is 0 Å². The van der Waals surface area contributed by atoms with E-state index in [1.165, 1.54) is 6.42 Å². The van der Waals surface area contributed by atoms with Crippen molar-refractivity contribution in [1.29, 1.82) is 0 Å². The second kappa shape index (κ2) is 7.95. The number of phenols is 1. The van der Waals surface area contributed by atoms with Crippen molar-refractivity contribution in [2.45, 2.75) is 26.9 Å². The van der Waals surface area contributed by atoms with Gasteiger partial charge in [-0.1, -0.05) is 32.4 Å². The molecule has 13 heavy (non-hydrogen) atoms. The fourth-order valence-corrected chi connectivity index (χ4v) is 0.870. The molecule has 1 aromatic carbocycles. The Bertz CT molecular complexity index is 226. The van der Waals surface area contributed by atoms with Gasteiger partial charge in [0.2, 0.25) is 0 Å². The maximum atomic E-state index is 8.96. The van der Waals surface area contributed by atoms with Crippen LogP contribution in [-0.2, 0) is 10.8 Å². The first-order valence-electron chi connectivity index (χ1n) is 4.28. The first-order chi connectivity index (χ1) is 6.24. The highest BCUT2D eigenvalue weighted by molar-refractivity contribution is 7.75. The summed E-state index contributed by atoms with van der Waals surface area (Å²) in [5.74, 6) is 0.253. The van der Waals surface area contributed by atoms with Crippen molar-refractivity contribution in [2.24, 2.45) is 0 Å². The second-order valence-corrected chi connectivity index (χ2v) is 2.91. The van der Waals surface area contributed by atoms with E-state index in [1.807, 2.05) is 6.07 Å². The minimum atomic E-state index is 0.253. The van der Waals surface area contributed by atoms with E-state index in [0.29, 0.717) is 6.61 Å². The van der Waals surface area contributed by atoms with Crippen LogP contribution < -0.4 is 0 Å². The Kier molecular flexibility index (Phi) is 7.54. The normalized spacial score (nSPS) is 8.85. The third kappa shape index (κ3) is 6.49. The highest BCUT2D eigenvalue weighted by Crippen LogP contribution is 2.11. The molecule has 0 bridgehead atoms. The van der Waals surface area contributed by atoms with E-state index < -0.39 is 0 Å². The molecule has 0 radical (unpaired) electrons. The van der Waals surface area contributed by atoms with Crippen molar-refractivity contribution in [1.82, 2.24) is 0 Å². The number of rotatable bonds is 2. The van der Waals surface area contributed by atoms with Crippen molar-refractivity contribution in [3.8, 4) is 5.75 Å². The minimum Gasteiger partial charge on any atom is -0.508 e. The van der Waals surface area contributed by atoms with E-state index in [-0.39, 0.29) is 5.75 Å². The van der Waals surface area contributed by atoms with Gasteiger partial charge in [-0.25, -0.2) is 0 Å². The zero-order valence-electron chi connectivity index (χ0n) is 8.03. The molecule has 0 heterocycles. The summed E-state index contributed by atoms with van der Waals surface area (Å²) in [5, 5.41) is 8.96. The molecule has 0 unspecified atom stereocenters. The Labute approximate surface area is 85.2 Å². The molecule has 0 aliphatic heterocycles. The van der Waals surface area contributed by atoms with Crippen molar-refractivity contribution in [2.75, 3.05) is 0 Å². The van der Waals surface area contributed by atoms with Crippen LogP contribution in [0.1, 0.15) is 25.8 Å². The average molecular weight is 200 g/mol. The molecular weight excluding hydrogens is 184 g/mol. The molecule has 1 aromatic rings. The third-order valence-electron chi connectivity index (χ3n) is 1.14. The standard InChI is InChI=1S/C7H8O2S.C3H8/c8-7-3-1-2-6(4-7)5-9-10;1-3-2/h1-4,8,10H,5H2;3H2,1-2H3. The lowest BCUT2D eigenvalue weighted by molar-refractivity contribution is 0.370. The van der Waals surface area contributed by atoms with Gasteiger partial charge in [-0.2, -0.15) is 0 Å². The van der Waals surface area contributed by atoms with Crippen LogP contribution in [0.25, 0.3) is 0 Å². The highest BCUT2D eigenvalue weighted by atomic mass is 32.1. The van der Waals surface area contributed by atoms with Crippen molar-refractivity contribution in [3.05, 3.63) is 29.8 Å². The molecule has 3 heteroatoms. The zero-order valence-corrected chi connectivity index (χ0v) is 8.92. The molecule has 0 saturated heterocycles. The van der Waals surface area contributed by atoms with Crippen LogP contribution in [0.2, 0.25) is 0 Å². The first-order valence-corrected chi connectivity index (χ1v) is 4.65. The molecule has 0 fully saturated rings. The van der Waals surface area contributed by atoms with Gasteiger partial charge >= 0.3 is 0 Å². The predicted octanol–water partition coefficient (Wildman–Crippen LogP) is 3.17. The first kappa shape index (κ1) is 12.3. The fraction of sp³-hybridized carbons (Fsp3) is 0.400. The molecule has 0 amide bonds. The highest BCUT2D eigenvalue weighted by Gasteiger charge is 1.91. The Morgan fingerprint density at radius 2 is 2.00 bits per heavy atom. The smallest absolute Gasteiger partial charge is 0.115 e. The lowest BCUT2D eigenvalue weighted by Crippen LogP contribution is -1.81. The monoisotopic (exact) mass is 200 g/mol. The van der Waals surface area contributed by atoms with Gasteiger partial charge in [0, 0.05) is 0 Å². The lowest BCUT2D eigenvalue weighted by Gasteiger charge is -1.97. The second-order valence-electron chi connectivity index (χ2n) is 2.65. The molecule has 0 aromatic heterocycles. The largest absolute Gasteiger partial charge is 0.508 e. The van der Waals surface area contributed by atoms with Gasteiger partial charge in [0.1, 0.15) is 5.75 Å². The van der Waals surface area contributed by atoms with Crippen molar-refractivity contribution < 1.29 is 9.29 Å². The number of hydrogen-bond acceptors (Lipinski definition) is 3. The van der Waals surface area contributed by atoms with Crippen LogP contribution in [0.4, 0.5) is 0 Å². The van der Waals surface area contributed by atoms with Gasteiger partial charge in [-0.15, -0.1) is 0 Å². The molecule has 1 rings (SSSR count). The van der Waals surface area contributed by atoms with Crippen LogP contribution in [-0.4, -0.2) is 5.11 Å². The minimum absolute atomic E-state index is 0.253. The molecule has 0 saturated carbocycles. The SMILES string of the molecule is CCC.Oc1cccc(COS)c1. The molecule has 2 nitrogen and oxygen atoms in total. The topological polar surface area (TPSA) is 29.5 Å². The van der Waals surface area contributed by atoms with Gasteiger partial charge in [0.05, 0.1) is 6.61 Å². The Morgan fingerprint density at radius 1 is 1.38 bits per heavy atom. The summed E-state index contributed by atoms with van der Waals surface area (Å²) >= 11 is 3.58. The summed E-state index contributed by atoms with van der Waals surface area (Å²) in [6.45, 7) is 4.66. The summed E-state index contributed by atoms with van der Waals surface area (Å²) in [6, 6.07) is 6.87. The molecule has 0 aliphatic carbocycles. The number of benzene rings is 1. The van der Waals surface area contributed by atoms with Gasteiger partial charge in [-0.3, -0.25) is 0 Å². The van der Waals surface area contributed by atoms with Gasteiger partial charge in [0.15, 0.2) is 0 Å². The van der Waals surface area contributed by atoms with Crippen LogP contribution in [0.15, 0.2) is 24.3 Å². The van der Waals surface area contributed by atoms with Gasteiger partial charge in [-0.05, 0) is 30.6 Å². The molecule has 0 spiro atoms. The molecule has 1 N–H and O–H groups in total. The van der Waals surface area contributed by atoms with E-state index >= 15 is 0 Å². The zero-order chi connectivity index (χ0) is 10.1. The molecular formula is C10H16O2S. The van der Waals surface area contributed by atoms with E-state index in [4.69, 9.17) is 5.11 Å². The molecule has 74 valence electrons. The van der Waals surface area contributed by atoms with Crippen LogP contribution in [0.5, 0.6) is 5.75 Å². The van der Waals surface area contributed by atoms with E-state index in [0.717, 1.165) is 5.56 Å². The molecule has 0 aliphatic rings. The van der Waals surface area contributed by atoms with Gasteiger partial charge in [0.25, 0.3) is 0 Å². The van der Waals surface area contributed by atoms with Crippen LogP contribution in [0.3, 0.4) is 0 Å².